The van der Waals surface area contributed by atoms with Gasteiger partial charge in [0.15, 0.2) is 5.11 Å². The van der Waals surface area contributed by atoms with Crippen LogP contribution in [0.3, 0.4) is 0 Å². The van der Waals surface area contributed by atoms with E-state index in [1.165, 1.54) is 0 Å². The molecule has 20 heavy (non-hydrogen) atoms. The molecule has 0 bridgehead atoms. The minimum absolute atomic E-state index is 0.223. The highest BCUT2D eigenvalue weighted by Gasteiger charge is 2.07. The molecule has 0 saturated heterocycles. The van der Waals surface area contributed by atoms with E-state index in [1.54, 1.807) is 6.07 Å². The molecule has 5 heteroatoms. The van der Waals surface area contributed by atoms with Crippen molar-refractivity contribution in [1.82, 2.24) is 10.7 Å². The third kappa shape index (κ3) is 4.07. The molecule has 0 aliphatic heterocycles. The van der Waals surface area contributed by atoms with E-state index < -0.39 is 0 Å². The van der Waals surface area contributed by atoms with Gasteiger partial charge in [-0.2, -0.15) is 0 Å². The zero-order valence-corrected chi connectivity index (χ0v) is 11.8. The fourth-order valence-corrected chi connectivity index (χ4v) is 1.79. The number of hydrazine groups is 1. The van der Waals surface area contributed by atoms with Crippen LogP contribution in [0.1, 0.15) is 15.9 Å². The largest absolute Gasteiger partial charge is 0.299 e. The minimum Gasteiger partial charge on any atom is -0.299 e. The quantitative estimate of drug-likeness (QED) is 0.599. The third-order valence-corrected chi connectivity index (χ3v) is 2.81. The van der Waals surface area contributed by atoms with E-state index in [0.717, 1.165) is 11.3 Å². The SMILES string of the molecule is Cc1cccc(C(=O)NC(=S)NNc2ccccc2)c1. The molecule has 2 aromatic rings. The highest BCUT2D eigenvalue weighted by molar-refractivity contribution is 7.80. The van der Waals surface area contributed by atoms with Crippen molar-refractivity contribution in [1.29, 1.82) is 0 Å². The number of carbonyl (C=O) groups excluding carboxylic acids is 1. The van der Waals surface area contributed by atoms with Crippen molar-refractivity contribution in [3.05, 3.63) is 65.7 Å². The zero-order chi connectivity index (χ0) is 14.4. The number of nitrogens with one attached hydrogen (secondary N) is 3. The van der Waals surface area contributed by atoms with Gasteiger partial charge in [-0.15, -0.1) is 0 Å². The Bertz CT molecular complexity index is 614. The third-order valence-electron chi connectivity index (χ3n) is 2.60. The number of thiocarbonyl (C=S) groups is 1. The first-order valence-electron chi connectivity index (χ1n) is 6.14. The maximum absolute atomic E-state index is 12.0. The number of carbonyl (C=O) groups is 1. The molecule has 0 heterocycles. The lowest BCUT2D eigenvalue weighted by Crippen LogP contribution is -2.41. The second-order valence-electron chi connectivity index (χ2n) is 4.27. The lowest BCUT2D eigenvalue weighted by atomic mass is 10.1. The Morgan fingerprint density at radius 3 is 2.50 bits per heavy atom. The Balaban J connectivity index is 1.87. The number of para-hydroxylation sites is 1. The second-order valence-corrected chi connectivity index (χ2v) is 4.68. The van der Waals surface area contributed by atoms with Gasteiger partial charge in [0.1, 0.15) is 0 Å². The molecule has 102 valence electrons. The fourth-order valence-electron chi connectivity index (χ4n) is 1.64. The minimum atomic E-state index is -0.235. The summed E-state index contributed by atoms with van der Waals surface area (Å²) in [4.78, 5) is 12.0. The Hall–Kier alpha value is -2.40. The second kappa shape index (κ2) is 6.68. The highest BCUT2D eigenvalue weighted by Crippen LogP contribution is 2.04. The smallest absolute Gasteiger partial charge is 0.257 e. The lowest BCUT2D eigenvalue weighted by molar-refractivity contribution is 0.0976. The lowest BCUT2D eigenvalue weighted by Gasteiger charge is -2.11. The number of hydrogen-bond acceptors (Lipinski definition) is 3. The van der Waals surface area contributed by atoms with E-state index in [-0.39, 0.29) is 11.0 Å². The first-order chi connectivity index (χ1) is 9.65. The van der Waals surface area contributed by atoms with Gasteiger partial charge in [-0.25, -0.2) is 0 Å². The van der Waals surface area contributed by atoms with Crippen LogP contribution >= 0.6 is 12.2 Å². The topological polar surface area (TPSA) is 53.2 Å². The number of rotatable bonds is 3. The summed E-state index contributed by atoms with van der Waals surface area (Å²) in [5.74, 6) is -0.235. The van der Waals surface area contributed by atoms with E-state index >= 15 is 0 Å². The first-order valence-corrected chi connectivity index (χ1v) is 6.55. The summed E-state index contributed by atoms with van der Waals surface area (Å²) in [6.07, 6.45) is 0. The molecule has 0 aromatic heterocycles. The van der Waals surface area contributed by atoms with E-state index in [9.17, 15) is 4.79 Å². The van der Waals surface area contributed by atoms with Gasteiger partial charge in [-0.1, -0.05) is 35.9 Å². The number of aryl methyl sites for hydroxylation is 1. The van der Waals surface area contributed by atoms with Gasteiger partial charge in [0.2, 0.25) is 0 Å². The van der Waals surface area contributed by atoms with Crippen molar-refractivity contribution in [2.24, 2.45) is 0 Å². The number of hydrogen-bond donors (Lipinski definition) is 3. The maximum Gasteiger partial charge on any atom is 0.257 e. The normalized spacial score (nSPS) is 9.65. The van der Waals surface area contributed by atoms with E-state index in [0.29, 0.717) is 5.56 Å². The van der Waals surface area contributed by atoms with Crippen LogP contribution in [0, 0.1) is 6.92 Å². The molecule has 0 aliphatic rings. The highest BCUT2D eigenvalue weighted by atomic mass is 32.1. The summed E-state index contributed by atoms with van der Waals surface area (Å²) < 4.78 is 0. The van der Waals surface area contributed by atoms with Crippen LogP contribution in [0.15, 0.2) is 54.6 Å². The van der Waals surface area contributed by atoms with Gasteiger partial charge in [-0.05, 0) is 43.4 Å². The van der Waals surface area contributed by atoms with Crippen LogP contribution in [-0.2, 0) is 0 Å². The Morgan fingerprint density at radius 2 is 1.80 bits per heavy atom. The van der Waals surface area contributed by atoms with Crippen LogP contribution in [0.4, 0.5) is 5.69 Å². The molecule has 1 amide bonds. The van der Waals surface area contributed by atoms with E-state index in [2.05, 4.69) is 16.2 Å². The van der Waals surface area contributed by atoms with Crippen LogP contribution < -0.4 is 16.2 Å². The van der Waals surface area contributed by atoms with Crippen LogP contribution in [0.5, 0.6) is 0 Å². The summed E-state index contributed by atoms with van der Waals surface area (Å²) in [7, 11) is 0. The molecule has 0 unspecified atom stereocenters. The van der Waals surface area contributed by atoms with Crippen molar-refractivity contribution in [2.75, 3.05) is 5.43 Å². The van der Waals surface area contributed by atoms with Gasteiger partial charge >= 0.3 is 0 Å². The van der Waals surface area contributed by atoms with Gasteiger partial charge < -0.3 is 0 Å². The van der Waals surface area contributed by atoms with Crippen molar-refractivity contribution in [2.45, 2.75) is 6.92 Å². The maximum atomic E-state index is 12.0. The molecule has 2 aromatic carbocycles. The standard InChI is InChI=1S/C15H15N3OS/c1-11-6-5-7-12(10-11)14(19)16-15(20)18-17-13-8-3-2-4-9-13/h2-10,17H,1H3,(H2,16,18,19,20). The fraction of sp³-hybridized carbons (Fsp3) is 0.0667. The van der Waals surface area contributed by atoms with Crippen LogP contribution in [0.2, 0.25) is 0 Å². The van der Waals surface area contributed by atoms with Crippen molar-refractivity contribution in [3.63, 3.8) is 0 Å². The Kier molecular flexibility index (Phi) is 4.68. The molecule has 0 fully saturated rings. The molecule has 0 saturated carbocycles. The van der Waals surface area contributed by atoms with E-state index in [1.807, 2.05) is 55.5 Å². The monoisotopic (exact) mass is 285 g/mol. The first kappa shape index (κ1) is 14.0. The van der Waals surface area contributed by atoms with Crippen molar-refractivity contribution in [3.8, 4) is 0 Å². The molecular weight excluding hydrogens is 270 g/mol. The summed E-state index contributed by atoms with van der Waals surface area (Å²) >= 11 is 5.06. The molecule has 0 radical (unpaired) electrons. The summed E-state index contributed by atoms with van der Waals surface area (Å²) in [5.41, 5.74) is 8.14. The molecule has 0 aliphatic carbocycles. The average molecular weight is 285 g/mol. The van der Waals surface area contributed by atoms with Gasteiger partial charge in [-0.3, -0.25) is 21.0 Å². The van der Waals surface area contributed by atoms with Crippen LogP contribution in [0.25, 0.3) is 0 Å². The number of benzene rings is 2. The predicted molar refractivity (Wildman–Crippen MR) is 84.4 cm³/mol. The average Bonchev–Trinajstić information content (AvgIpc) is 2.46. The molecule has 4 nitrogen and oxygen atoms in total. The Morgan fingerprint density at radius 1 is 1.05 bits per heavy atom. The van der Waals surface area contributed by atoms with Gasteiger partial charge in [0.25, 0.3) is 5.91 Å². The summed E-state index contributed by atoms with van der Waals surface area (Å²) in [6.45, 7) is 1.93. The predicted octanol–water partition coefficient (Wildman–Crippen LogP) is 2.63. The van der Waals surface area contributed by atoms with Gasteiger partial charge in [0.05, 0.1) is 5.69 Å². The molecule has 0 atom stereocenters. The van der Waals surface area contributed by atoms with Gasteiger partial charge in [0, 0.05) is 5.56 Å². The molecule has 3 N–H and O–H groups in total. The molecule has 2 rings (SSSR count). The van der Waals surface area contributed by atoms with Crippen LogP contribution in [-0.4, -0.2) is 11.0 Å². The number of anilines is 1. The zero-order valence-electron chi connectivity index (χ0n) is 11.0. The summed E-state index contributed by atoms with van der Waals surface area (Å²) in [5, 5.41) is 2.84. The summed E-state index contributed by atoms with van der Waals surface area (Å²) in [6, 6.07) is 16.8. The Labute approximate surface area is 123 Å². The van der Waals surface area contributed by atoms with E-state index in [4.69, 9.17) is 12.2 Å². The molecule has 0 spiro atoms. The number of amides is 1. The molecular formula is C15H15N3OS. The van der Waals surface area contributed by atoms with Crippen molar-refractivity contribution >= 4 is 28.9 Å². The van der Waals surface area contributed by atoms with Crippen molar-refractivity contribution < 1.29 is 4.79 Å².